The summed E-state index contributed by atoms with van der Waals surface area (Å²) in [6.07, 6.45) is -0.712. The van der Waals surface area contributed by atoms with Crippen molar-refractivity contribution in [3.8, 4) is 6.07 Å². The molecule has 1 unspecified atom stereocenters. The fourth-order valence-corrected chi connectivity index (χ4v) is 0.398. The third-order valence-electron chi connectivity index (χ3n) is 1.14. The zero-order chi connectivity index (χ0) is 6.41. The minimum atomic E-state index is -3.15. The lowest BCUT2D eigenvalue weighted by atomic mass is 10.4. The highest BCUT2D eigenvalue weighted by Crippen LogP contribution is 2.51. The first-order chi connectivity index (χ1) is 3.52. The lowest BCUT2D eigenvalue weighted by Crippen LogP contribution is -2.13. The van der Waals surface area contributed by atoms with Crippen LogP contribution in [0.4, 0.5) is 8.78 Å². The van der Waals surface area contributed by atoms with Gasteiger partial charge in [0.2, 0.25) is 5.60 Å². The first-order valence-corrected chi connectivity index (χ1v) is 2.03. The van der Waals surface area contributed by atoms with Gasteiger partial charge in [0.15, 0.2) is 0 Å². The Hall–Kier alpha value is -0.690. The van der Waals surface area contributed by atoms with Crippen LogP contribution < -0.4 is 0 Å². The highest BCUT2D eigenvalue weighted by molar-refractivity contribution is 5.24. The van der Waals surface area contributed by atoms with Gasteiger partial charge in [-0.1, -0.05) is 0 Å². The molecular formula is C4H3F2NO. The maximum absolute atomic E-state index is 11.7. The van der Waals surface area contributed by atoms with Crippen molar-refractivity contribution < 1.29 is 13.9 Å². The van der Waals surface area contributed by atoms with E-state index in [9.17, 15) is 8.78 Å². The van der Waals surface area contributed by atoms with Crippen LogP contribution in [0.15, 0.2) is 0 Å². The topological polar surface area (TPSA) is 44.0 Å². The summed E-state index contributed by atoms with van der Waals surface area (Å²) in [4.78, 5) is 0. The van der Waals surface area contributed by atoms with E-state index in [1.165, 1.54) is 0 Å². The van der Waals surface area contributed by atoms with Gasteiger partial charge in [0.1, 0.15) is 6.07 Å². The van der Waals surface area contributed by atoms with Gasteiger partial charge in [-0.15, -0.1) is 0 Å². The molecule has 0 spiro atoms. The first-order valence-electron chi connectivity index (χ1n) is 2.03. The van der Waals surface area contributed by atoms with Crippen molar-refractivity contribution in [2.24, 2.45) is 0 Å². The SMILES string of the molecule is N#CC1(O)CC1(F)F. The third-order valence-corrected chi connectivity index (χ3v) is 1.14. The van der Waals surface area contributed by atoms with Crippen LogP contribution in [-0.4, -0.2) is 16.6 Å². The molecular weight excluding hydrogens is 116 g/mol. The minimum absolute atomic E-state index is 0.712. The predicted molar refractivity (Wildman–Crippen MR) is 20.1 cm³/mol. The van der Waals surface area contributed by atoms with E-state index in [0.29, 0.717) is 0 Å². The molecule has 0 radical (unpaired) electrons. The normalized spacial score (nSPS) is 40.8. The van der Waals surface area contributed by atoms with E-state index < -0.39 is 17.9 Å². The molecule has 1 fully saturated rings. The summed E-state index contributed by atoms with van der Waals surface area (Å²) >= 11 is 0. The van der Waals surface area contributed by atoms with Crippen molar-refractivity contribution in [1.29, 1.82) is 5.26 Å². The summed E-state index contributed by atoms with van der Waals surface area (Å²) in [6.45, 7) is 0. The molecule has 0 aromatic carbocycles. The van der Waals surface area contributed by atoms with E-state index in [1.54, 1.807) is 0 Å². The number of nitriles is 1. The molecule has 1 rings (SSSR count). The Morgan fingerprint density at radius 1 is 1.62 bits per heavy atom. The maximum atomic E-state index is 11.7. The standard InChI is InChI=1S/C4H3F2NO/c5-4(6)1-3(4,8)2-7/h8H,1H2. The van der Waals surface area contributed by atoms with Crippen molar-refractivity contribution in [2.75, 3.05) is 0 Å². The molecule has 0 aromatic rings. The number of nitrogens with zero attached hydrogens (tertiary/aromatic N) is 1. The van der Waals surface area contributed by atoms with E-state index in [4.69, 9.17) is 10.4 Å². The Labute approximate surface area is 44.3 Å². The van der Waals surface area contributed by atoms with Crippen molar-refractivity contribution in [2.45, 2.75) is 17.9 Å². The lowest BCUT2D eigenvalue weighted by Gasteiger charge is -1.92. The predicted octanol–water partition coefficient (Wildman–Crippen LogP) is 0.280. The Balaban J connectivity index is 2.72. The molecule has 0 aromatic heterocycles. The summed E-state index contributed by atoms with van der Waals surface area (Å²) in [5, 5.41) is 16.2. The zero-order valence-electron chi connectivity index (χ0n) is 3.86. The van der Waals surface area contributed by atoms with E-state index >= 15 is 0 Å². The van der Waals surface area contributed by atoms with Crippen molar-refractivity contribution >= 4 is 0 Å². The molecule has 1 N–H and O–H groups in total. The number of aliphatic hydroxyl groups is 1. The van der Waals surface area contributed by atoms with Crippen LogP contribution in [0.25, 0.3) is 0 Å². The van der Waals surface area contributed by atoms with Crippen LogP contribution in [-0.2, 0) is 0 Å². The molecule has 0 bridgehead atoms. The lowest BCUT2D eigenvalue weighted by molar-refractivity contribution is 0.0254. The molecule has 0 amide bonds. The molecule has 1 atom stereocenters. The average Bonchev–Trinajstić information content (AvgIpc) is 2.10. The average molecular weight is 119 g/mol. The Kier molecular flexibility index (Phi) is 0.684. The van der Waals surface area contributed by atoms with E-state index in [2.05, 4.69) is 0 Å². The van der Waals surface area contributed by atoms with Gasteiger partial charge in [-0.2, -0.15) is 5.26 Å². The molecule has 0 aliphatic heterocycles. The third kappa shape index (κ3) is 0.421. The number of halogens is 2. The van der Waals surface area contributed by atoms with Gasteiger partial charge in [0.05, 0.1) is 6.42 Å². The molecule has 44 valence electrons. The first kappa shape index (κ1) is 5.45. The van der Waals surface area contributed by atoms with Gasteiger partial charge in [-0.3, -0.25) is 0 Å². The van der Waals surface area contributed by atoms with Gasteiger partial charge in [-0.05, 0) is 0 Å². The number of hydrogen-bond acceptors (Lipinski definition) is 2. The number of alkyl halides is 2. The van der Waals surface area contributed by atoms with Gasteiger partial charge in [0.25, 0.3) is 5.92 Å². The van der Waals surface area contributed by atoms with Crippen molar-refractivity contribution in [3.63, 3.8) is 0 Å². The van der Waals surface area contributed by atoms with Crippen LogP contribution in [0.3, 0.4) is 0 Å². The quantitative estimate of drug-likeness (QED) is 0.465. The van der Waals surface area contributed by atoms with Crippen molar-refractivity contribution in [1.82, 2.24) is 0 Å². The van der Waals surface area contributed by atoms with Crippen LogP contribution in [0.2, 0.25) is 0 Å². The fourth-order valence-electron chi connectivity index (χ4n) is 0.398. The summed E-state index contributed by atoms with van der Waals surface area (Å²) in [7, 11) is 0. The summed E-state index contributed by atoms with van der Waals surface area (Å²) < 4.78 is 23.4. The number of rotatable bonds is 0. The highest BCUT2D eigenvalue weighted by atomic mass is 19.3. The fraction of sp³-hybridized carbons (Fsp3) is 0.750. The van der Waals surface area contributed by atoms with Gasteiger partial charge in [-0.25, -0.2) is 8.78 Å². The van der Waals surface area contributed by atoms with Crippen LogP contribution >= 0.6 is 0 Å². The second-order valence-corrected chi connectivity index (χ2v) is 1.85. The van der Waals surface area contributed by atoms with Crippen molar-refractivity contribution in [3.05, 3.63) is 0 Å². The summed E-state index contributed by atoms with van der Waals surface area (Å²) in [5.74, 6) is -3.15. The second-order valence-electron chi connectivity index (χ2n) is 1.85. The smallest absolute Gasteiger partial charge is 0.293 e. The van der Waals surface area contributed by atoms with Gasteiger partial charge >= 0.3 is 0 Å². The molecule has 8 heavy (non-hydrogen) atoms. The Bertz CT molecular complexity index is 162. The molecule has 0 saturated heterocycles. The van der Waals surface area contributed by atoms with E-state index in [-0.39, 0.29) is 0 Å². The number of hydrogen-bond donors (Lipinski definition) is 1. The molecule has 1 aliphatic carbocycles. The summed E-state index contributed by atoms with van der Waals surface area (Å²) in [5.41, 5.74) is -2.34. The maximum Gasteiger partial charge on any atom is 0.293 e. The highest BCUT2D eigenvalue weighted by Gasteiger charge is 2.72. The molecule has 0 heterocycles. The van der Waals surface area contributed by atoms with Crippen LogP contribution in [0.1, 0.15) is 6.42 Å². The Morgan fingerprint density at radius 3 is 2.00 bits per heavy atom. The molecule has 4 heteroatoms. The Morgan fingerprint density at radius 2 is 2.00 bits per heavy atom. The van der Waals surface area contributed by atoms with E-state index in [0.717, 1.165) is 6.07 Å². The van der Waals surface area contributed by atoms with Gasteiger partial charge in [0, 0.05) is 0 Å². The molecule has 1 saturated carbocycles. The second kappa shape index (κ2) is 1.00. The van der Waals surface area contributed by atoms with Crippen LogP contribution in [0, 0.1) is 11.3 Å². The summed E-state index contributed by atoms with van der Waals surface area (Å²) in [6, 6.07) is 1.11. The van der Waals surface area contributed by atoms with Crippen LogP contribution in [0.5, 0.6) is 0 Å². The van der Waals surface area contributed by atoms with E-state index in [1.807, 2.05) is 0 Å². The molecule has 2 nitrogen and oxygen atoms in total. The monoisotopic (exact) mass is 119 g/mol. The largest absolute Gasteiger partial charge is 0.370 e. The zero-order valence-corrected chi connectivity index (χ0v) is 3.86. The molecule has 1 aliphatic rings. The minimum Gasteiger partial charge on any atom is -0.370 e. The van der Waals surface area contributed by atoms with Gasteiger partial charge < -0.3 is 5.11 Å².